The highest BCUT2D eigenvalue weighted by molar-refractivity contribution is 6.08. The summed E-state index contributed by atoms with van der Waals surface area (Å²) in [6.07, 6.45) is 2.98. The van der Waals surface area contributed by atoms with Crippen LogP contribution >= 0.6 is 0 Å². The van der Waals surface area contributed by atoms with Crippen LogP contribution in [0.5, 0.6) is 0 Å². The molecule has 1 aromatic heterocycles. The van der Waals surface area contributed by atoms with Crippen LogP contribution in [0.4, 0.5) is 0 Å². The van der Waals surface area contributed by atoms with E-state index in [1.54, 1.807) is 6.20 Å². The molecule has 1 heterocycles. The maximum atomic E-state index is 12.1. The van der Waals surface area contributed by atoms with Crippen molar-refractivity contribution in [2.45, 2.75) is 26.7 Å². The number of ketones is 1. The summed E-state index contributed by atoms with van der Waals surface area (Å²) in [5.74, 6) is -0.396. The Kier molecular flexibility index (Phi) is 2.60. The van der Waals surface area contributed by atoms with E-state index in [2.05, 4.69) is 13.8 Å². The molecule has 1 aliphatic carbocycles. The number of carbonyl (C=O) groups is 2. The van der Waals surface area contributed by atoms with Crippen LogP contribution in [0.3, 0.4) is 0 Å². The molecule has 0 saturated carbocycles. The number of hydrogen-bond donors (Lipinski definition) is 0. The van der Waals surface area contributed by atoms with Crippen LogP contribution in [0.15, 0.2) is 6.20 Å². The van der Waals surface area contributed by atoms with E-state index in [1.165, 1.54) is 7.11 Å². The van der Waals surface area contributed by atoms with E-state index in [4.69, 9.17) is 4.74 Å². The number of aryl methyl sites for hydroxylation is 1. The first-order chi connectivity index (χ1) is 7.85. The average molecular weight is 235 g/mol. The number of methoxy groups -OCH3 is 1. The Bertz CT molecular complexity index is 497. The monoisotopic (exact) mass is 235 g/mol. The van der Waals surface area contributed by atoms with Crippen molar-refractivity contribution in [2.75, 3.05) is 7.11 Å². The molecule has 0 amide bonds. The molecule has 17 heavy (non-hydrogen) atoms. The van der Waals surface area contributed by atoms with Crippen LogP contribution < -0.4 is 0 Å². The first kappa shape index (κ1) is 11.9. The number of carbonyl (C=O) groups excluding carboxylic acids is 2. The molecule has 4 heteroatoms. The zero-order valence-corrected chi connectivity index (χ0v) is 10.7. The summed E-state index contributed by atoms with van der Waals surface area (Å²) in [7, 11) is 3.19. The van der Waals surface area contributed by atoms with Crippen molar-refractivity contribution in [1.29, 1.82) is 0 Å². The standard InChI is InChI=1S/C13H17NO3/c1-13(2)5-9-11(10(15)6-13)8(7-14(9)3)12(16)17-4/h7H,5-6H2,1-4H3. The predicted octanol–water partition coefficient (Wildman–Crippen LogP) is 1.97. The van der Waals surface area contributed by atoms with Gasteiger partial charge in [0.05, 0.1) is 18.2 Å². The van der Waals surface area contributed by atoms with Crippen LogP contribution in [0.1, 0.15) is 46.7 Å². The molecule has 0 N–H and O–H groups in total. The minimum Gasteiger partial charge on any atom is -0.465 e. The second-order valence-corrected chi connectivity index (χ2v) is 5.41. The number of rotatable bonds is 1. The smallest absolute Gasteiger partial charge is 0.340 e. The van der Waals surface area contributed by atoms with Gasteiger partial charge in [-0.1, -0.05) is 13.8 Å². The molecular weight excluding hydrogens is 218 g/mol. The number of fused-ring (bicyclic) bond motifs is 1. The summed E-state index contributed by atoms with van der Waals surface area (Å²) < 4.78 is 6.57. The quantitative estimate of drug-likeness (QED) is 0.699. The van der Waals surface area contributed by atoms with Gasteiger partial charge >= 0.3 is 5.97 Å². The lowest BCUT2D eigenvalue weighted by molar-refractivity contribution is 0.0595. The molecular formula is C13H17NO3. The fourth-order valence-electron chi connectivity index (χ4n) is 2.50. The van der Waals surface area contributed by atoms with E-state index in [0.717, 1.165) is 12.1 Å². The number of hydrogen-bond acceptors (Lipinski definition) is 3. The Hall–Kier alpha value is -1.58. The highest BCUT2D eigenvalue weighted by Gasteiger charge is 2.36. The summed E-state index contributed by atoms with van der Waals surface area (Å²) in [5.41, 5.74) is 1.85. The maximum absolute atomic E-state index is 12.1. The molecule has 0 aliphatic heterocycles. The minimum atomic E-state index is -0.435. The molecule has 2 rings (SSSR count). The fourth-order valence-corrected chi connectivity index (χ4v) is 2.50. The van der Waals surface area contributed by atoms with Crippen molar-refractivity contribution in [3.8, 4) is 0 Å². The molecule has 0 atom stereocenters. The Morgan fingerprint density at radius 2 is 2.06 bits per heavy atom. The first-order valence-electron chi connectivity index (χ1n) is 5.65. The molecule has 4 nitrogen and oxygen atoms in total. The number of esters is 1. The minimum absolute atomic E-state index is 0.0381. The van der Waals surface area contributed by atoms with Gasteiger partial charge in [-0.15, -0.1) is 0 Å². The van der Waals surface area contributed by atoms with E-state index in [1.807, 2.05) is 11.6 Å². The van der Waals surface area contributed by atoms with Gasteiger partial charge in [0.1, 0.15) is 0 Å². The highest BCUT2D eigenvalue weighted by atomic mass is 16.5. The second-order valence-electron chi connectivity index (χ2n) is 5.41. The van der Waals surface area contributed by atoms with Crippen molar-refractivity contribution in [3.63, 3.8) is 0 Å². The normalized spacial score (nSPS) is 17.8. The van der Waals surface area contributed by atoms with Gasteiger partial charge in [-0.2, -0.15) is 0 Å². The van der Waals surface area contributed by atoms with Crippen LogP contribution in [0.2, 0.25) is 0 Å². The zero-order valence-electron chi connectivity index (χ0n) is 10.7. The summed E-state index contributed by atoms with van der Waals surface area (Å²) in [5, 5.41) is 0. The van der Waals surface area contributed by atoms with E-state index in [9.17, 15) is 9.59 Å². The van der Waals surface area contributed by atoms with Crippen molar-refractivity contribution < 1.29 is 14.3 Å². The SMILES string of the molecule is COC(=O)c1cn(C)c2c1C(=O)CC(C)(C)C2. The zero-order chi connectivity index (χ0) is 12.8. The van der Waals surface area contributed by atoms with E-state index >= 15 is 0 Å². The van der Waals surface area contributed by atoms with E-state index in [0.29, 0.717) is 17.5 Å². The molecule has 92 valence electrons. The van der Waals surface area contributed by atoms with Crippen LogP contribution in [0, 0.1) is 5.41 Å². The van der Waals surface area contributed by atoms with Gasteiger partial charge < -0.3 is 9.30 Å². The predicted molar refractivity (Wildman–Crippen MR) is 63.2 cm³/mol. The lowest BCUT2D eigenvalue weighted by Crippen LogP contribution is -2.28. The molecule has 0 spiro atoms. The van der Waals surface area contributed by atoms with Gasteiger partial charge in [0.2, 0.25) is 0 Å². The molecule has 0 aromatic carbocycles. The molecule has 0 fully saturated rings. The van der Waals surface area contributed by atoms with Crippen molar-refractivity contribution in [2.24, 2.45) is 12.5 Å². The first-order valence-corrected chi connectivity index (χ1v) is 5.65. The lowest BCUT2D eigenvalue weighted by Gasteiger charge is -2.29. The third-order valence-electron chi connectivity index (χ3n) is 3.28. The van der Waals surface area contributed by atoms with Gasteiger partial charge in [-0.3, -0.25) is 4.79 Å². The summed E-state index contributed by atoms with van der Waals surface area (Å²) in [6, 6.07) is 0. The summed E-state index contributed by atoms with van der Waals surface area (Å²) in [4.78, 5) is 23.8. The van der Waals surface area contributed by atoms with E-state index in [-0.39, 0.29) is 11.2 Å². The topological polar surface area (TPSA) is 48.3 Å². The number of nitrogens with zero attached hydrogens (tertiary/aromatic N) is 1. The number of aromatic nitrogens is 1. The Labute approximate surface area is 101 Å². The van der Waals surface area contributed by atoms with Gasteiger partial charge in [0, 0.05) is 25.4 Å². The van der Waals surface area contributed by atoms with Crippen LogP contribution in [-0.2, 0) is 18.2 Å². The largest absolute Gasteiger partial charge is 0.465 e. The van der Waals surface area contributed by atoms with Gasteiger partial charge in [0.25, 0.3) is 0 Å². The molecule has 1 aromatic rings. The maximum Gasteiger partial charge on any atom is 0.340 e. The Morgan fingerprint density at radius 3 is 2.65 bits per heavy atom. The fraction of sp³-hybridized carbons (Fsp3) is 0.538. The van der Waals surface area contributed by atoms with Gasteiger partial charge in [-0.25, -0.2) is 4.79 Å². The number of ether oxygens (including phenoxy) is 1. The van der Waals surface area contributed by atoms with Crippen LogP contribution in [0.25, 0.3) is 0 Å². The van der Waals surface area contributed by atoms with Crippen molar-refractivity contribution >= 4 is 11.8 Å². The average Bonchev–Trinajstić information content (AvgIpc) is 2.54. The Balaban J connectivity index is 2.58. The van der Waals surface area contributed by atoms with Gasteiger partial charge in [-0.05, 0) is 11.8 Å². The Morgan fingerprint density at radius 1 is 1.41 bits per heavy atom. The summed E-state index contributed by atoms with van der Waals surface area (Å²) in [6.45, 7) is 4.14. The van der Waals surface area contributed by atoms with Crippen molar-refractivity contribution in [1.82, 2.24) is 4.57 Å². The summed E-state index contributed by atoms with van der Waals surface area (Å²) >= 11 is 0. The molecule has 0 saturated heterocycles. The second kappa shape index (κ2) is 3.72. The third kappa shape index (κ3) is 1.88. The molecule has 0 unspecified atom stereocenters. The molecule has 1 aliphatic rings. The highest BCUT2D eigenvalue weighted by Crippen LogP contribution is 2.36. The third-order valence-corrected chi connectivity index (χ3v) is 3.28. The molecule has 0 bridgehead atoms. The van der Waals surface area contributed by atoms with E-state index < -0.39 is 5.97 Å². The van der Waals surface area contributed by atoms with Gasteiger partial charge in [0.15, 0.2) is 5.78 Å². The molecule has 0 radical (unpaired) electrons. The van der Waals surface area contributed by atoms with Crippen LogP contribution in [-0.4, -0.2) is 23.4 Å². The lowest BCUT2D eigenvalue weighted by atomic mass is 9.75. The number of Topliss-reactive ketones (excluding diaryl/α,β-unsaturated/α-hetero) is 1. The van der Waals surface area contributed by atoms with Crippen molar-refractivity contribution in [3.05, 3.63) is 23.0 Å².